The van der Waals surface area contributed by atoms with E-state index < -0.39 is 13.1 Å². The van der Waals surface area contributed by atoms with E-state index in [0.717, 1.165) is 92.3 Å². The minimum absolute atomic E-state index is 0. The monoisotopic (exact) mass is 1010 g/mol. The molecule has 1 amide bonds. The molecular weight excluding hydrogens is 956 g/mol. The number of nitrogens with zero attached hydrogens (tertiary/aromatic N) is 7. The van der Waals surface area contributed by atoms with Crippen LogP contribution in [-0.2, 0) is 12.8 Å². The SMILES string of the molecule is Cl.N[C@H]1CCC[C@@H](Nc2ncc(Cl)c(C3=CCc4ccccc43)n2)C1.Nc1ccc(C(=O)N[C@H]2CCC[C@@H](Nc3ncc(Cl)c(C4=CCc5ccccc54)n3)C2)nn1.Nc1ccc(C(=O)O)cn1.[2H]CF. The first kappa shape index (κ1) is 51.1. The number of hydrogen-bond donors (Lipinski definition) is 7. The molecule has 0 saturated heterocycles. The molecule has 0 unspecified atom stereocenters. The van der Waals surface area contributed by atoms with Gasteiger partial charge in [-0.2, -0.15) is 0 Å². The number of aromatic nitrogens is 7. The summed E-state index contributed by atoms with van der Waals surface area (Å²) in [7, 11) is -1.00. The number of allylic oxidation sites excluding steroid dienone is 2. The van der Waals surface area contributed by atoms with Crippen molar-refractivity contribution < 1.29 is 20.5 Å². The van der Waals surface area contributed by atoms with Gasteiger partial charge in [-0.1, -0.05) is 83.9 Å². The molecule has 10 N–H and O–H groups in total. The number of rotatable bonds is 9. The van der Waals surface area contributed by atoms with Gasteiger partial charge in [-0.05, 0) is 111 Å². The second kappa shape index (κ2) is 25.2. The quantitative estimate of drug-likeness (QED) is 0.0714. The van der Waals surface area contributed by atoms with Crippen LogP contribution in [-0.4, -0.2) is 83.4 Å². The average Bonchev–Trinajstić information content (AvgIpc) is 3.99. The average molecular weight is 1010 g/mol. The van der Waals surface area contributed by atoms with Crippen LogP contribution < -0.4 is 33.2 Å². The van der Waals surface area contributed by atoms with Gasteiger partial charge >= 0.3 is 5.97 Å². The maximum atomic E-state index is 12.5. The van der Waals surface area contributed by atoms with Crippen molar-refractivity contribution in [2.75, 3.05) is 29.3 Å². The van der Waals surface area contributed by atoms with E-state index in [1.54, 1.807) is 24.5 Å². The molecule has 0 aliphatic heterocycles. The normalized spacial score (nSPS) is 18.6. The van der Waals surface area contributed by atoms with E-state index in [0.29, 0.717) is 33.8 Å². The lowest BCUT2D eigenvalue weighted by molar-refractivity contribution is 0.0696. The number of pyridine rings is 1. The van der Waals surface area contributed by atoms with E-state index in [1.807, 2.05) is 12.1 Å². The highest BCUT2D eigenvalue weighted by atomic mass is 35.5. The molecule has 10 rings (SSSR count). The number of nitrogen functional groups attached to an aromatic ring is 2. The summed E-state index contributed by atoms with van der Waals surface area (Å²) in [4.78, 5) is 44.6. The highest BCUT2D eigenvalue weighted by molar-refractivity contribution is 6.32. The van der Waals surface area contributed by atoms with Crippen LogP contribution in [0.2, 0.25) is 10.0 Å². The van der Waals surface area contributed by atoms with Gasteiger partial charge in [0.25, 0.3) is 5.91 Å². The van der Waals surface area contributed by atoms with Crippen LogP contribution in [0.5, 0.6) is 0 Å². The van der Waals surface area contributed by atoms with Crippen molar-refractivity contribution in [3.63, 3.8) is 0 Å². The lowest BCUT2D eigenvalue weighted by atomic mass is 9.91. The van der Waals surface area contributed by atoms with Gasteiger partial charge < -0.3 is 38.3 Å². The van der Waals surface area contributed by atoms with Gasteiger partial charge in [0.1, 0.15) is 11.6 Å². The number of carbonyl (C=O) groups is 2. The van der Waals surface area contributed by atoms with Gasteiger partial charge in [0.15, 0.2) is 5.69 Å². The minimum atomic E-state index is -1.00. The summed E-state index contributed by atoms with van der Waals surface area (Å²) in [6, 6.07) is 23.5. The first-order chi connectivity index (χ1) is 33.9. The van der Waals surface area contributed by atoms with Crippen molar-refractivity contribution in [2.24, 2.45) is 5.73 Å². The fourth-order valence-electron chi connectivity index (χ4n) is 8.70. The Hall–Kier alpha value is -6.79. The van der Waals surface area contributed by atoms with Gasteiger partial charge in [0.2, 0.25) is 11.9 Å². The minimum Gasteiger partial charge on any atom is -0.478 e. The summed E-state index contributed by atoms with van der Waals surface area (Å²) < 4.78 is 15.5. The summed E-state index contributed by atoms with van der Waals surface area (Å²) in [5.74, 6) is 0.551. The van der Waals surface area contributed by atoms with Gasteiger partial charge in [0, 0.05) is 41.5 Å². The fraction of sp³-hybridized carbons (Fsp3) is 0.300. The largest absolute Gasteiger partial charge is 0.478 e. The Labute approximate surface area is 423 Å². The molecular formula is C50H55Cl3FN13O3. The number of halogens is 4. The van der Waals surface area contributed by atoms with Crippen molar-refractivity contribution in [1.29, 1.82) is 0 Å². The molecule has 16 nitrogen and oxygen atoms in total. The van der Waals surface area contributed by atoms with E-state index in [9.17, 15) is 14.0 Å². The van der Waals surface area contributed by atoms with Gasteiger partial charge in [-0.25, -0.2) is 29.7 Å². The predicted molar refractivity (Wildman–Crippen MR) is 276 cm³/mol. The summed E-state index contributed by atoms with van der Waals surface area (Å²) >= 11 is 12.9. The molecule has 4 heterocycles. The Morgan fingerprint density at radius 3 is 1.74 bits per heavy atom. The van der Waals surface area contributed by atoms with Crippen LogP contribution in [0.25, 0.3) is 11.1 Å². The number of carboxylic acids is 1. The lowest BCUT2D eigenvalue weighted by Crippen LogP contribution is -2.42. The van der Waals surface area contributed by atoms with E-state index in [4.69, 9.17) is 56.8 Å². The van der Waals surface area contributed by atoms with Crippen molar-refractivity contribution in [2.45, 2.75) is 88.4 Å². The molecule has 70 heavy (non-hydrogen) atoms. The zero-order chi connectivity index (χ0) is 49.6. The number of alkyl halides is 1. The van der Waals surface area contributed by atoms with E-state index in [-0.39, 0.29) is 53.5 Å². The number of carbonyl (C=O) groups excluding carboxylic acids is 1. The standard InChI is InChI=1S/C24H24ClN7O.C19H21ClN4.C6H6N2O2.CH3F.ClH/c25-19-13-27-24(30-22(19)18-9-8-14-4-1-2-7-17(14)18)29-16-6-3-5-15(12-16)28-23(33)20-10-11-21(26)32-31-20;20-17-11-22-19(23-14-6-3-5-13(21)10-14)24-18(17)16-9-8-12-4-1-2-7-15(12)16;7-5-2-1-4(3-8-5)6(9)10;1-2;/h1-2,4,7,9-11,13,15-16H,3,5-6,8,12H2,(H2,26,32)(H,28,33)(H,27,29,30);1-2,4,7,9,11,13-14H,3,5-6,8,10,21H2,(H,22,23,24);1-3H,(H2,7,8)(H,9,10);1H3;1H/t15-,16+;13-,14+;;;/m00.../s1/i;;;1D;. The van der Waals surface area contributed by atoms with Crippen molar-refractivity contribution in [3.8, 4) is 0 Å². The van der Waals surface area contributed by atoms with Gasteiger partial charge in [0.05, 0.1) is 47.9 Å². The first-order valence-electron chi connectivity index (χ1n) is 23.2. The number of nitrogens with two attached hydrogens (primary N) is 3. The van der Waals surface area contributed by atoms with Crippen molar-refractivity contribution in [3.05, 3.63) is 158 Å². The number of aromatic carboxylic acids is 1. The number of hydrogen-bond acceptors (Lipinski definition) is 14. The summed E-state index contributed by atoms with van der Waals surface area (Å²) in [5.41, 5.74) is 25.9. The number of carboxylic acid groups (broad SMARTS) is 1. The molecule has 366 valence electrons. The van der Waals surface area contributed by atoms with Crippen LogP contribution in [0.1, 0.15) is 107 Å². The third-order valence-corrected chi connectivity index (χ3v) is 12.6. The number of fused-ring (bicyclic) bond motifs is 2. The summed E-state index contributed by atoms with van der Waals surface area (Å²) in [6.45, 7) is 0. The smallest absolute Gasteiger partial charge is 0.337 e. The summed E-state index contributed by atoms with van der Waals surface area (Å²) in [5, 5.41) is 27.1. The molecule has 0 bridgehead atoms. The first-order valence-corrected chi connectivity index (χ1v) is 23.3. The third kappa shape index (κ3) is 13.7. The summed E-state index contributed by atoms with van der Waals surface area (Å²) in [6.07, 6.45) is 18.7. The number of amides is 1. The molecule has 2 fully saturated rings. The predicted octanol–water partition coefficient (Wildman–Crippen LogP) is 8.81. The molecule has 4 atom stereocenters. The number of anilines is 4. The molecule has 4 aromatic heterocycles. The molecule has 20 heteroatoms. The Morgan fingerprint density at radius 2 is 1.23 bits per heavy atom. The Bertz CT molecular complexity index is 2830. The third-order valence-electron chi connectivity index (χ3n) is 12.0. The second-order valence-electron chi connectivity index (χ2n) is 16.8. The van der Waals surface area contributed by atoms with Crippen LogP contribution >= 0.6 is 35.6 Å². The number of nitrogens with one attached hydrogen (secondary N) is 3. The Morgan fingerprint density at radius 1 is 0.700 bits per heavy atom. The Kier molecular flexibility index (Phi) is 18.4. The Balaban J connectivity index is 0.000000189. The highest BCUT2D eigenvalue weighted by Gasteiger charge is 2.27. The molecule has 4 aliphatic rings. The van der Waals surface area contributed by atoms with Crippen molar-refractivity contribution >= 4 is 82.2 Å². The molecule has 6 aromatic rings. The van der Waals surface area contributed by atoms with Crippen molar-refractivity contribution in [1.82, 2.24) is 40.4 Å². The maximum absolute atomic E-state index is 12.5. The maximum Gasteiger partial charge on any atom is 0.337 e. The lowest BCUT2D eigenvalue weighted by Gasteiger charge is -2.30. The topological polar surface area (TPSA) is 259 Å². The van der Waals surface area contributed by atoms with Crippen LogP contribution in [0, 0.1) is 0 Å². The molecule has 0 spiro atoms. The zero-order valence-electron chi connectivity index (χ0n) is 39.1. The zero-order valence-corrected chi connectivity index (χ0v) is 40.4. The molecule has 2 saturated carbocycles. The van der Waals surface area contributed by atoms with Gasteiger partial charge in [-0.15, -0.1) is 22.6 Å². The molecule has 2 aromatic carbocycles. The van der Waals surface area contributed by atoms with Crippen LogP contribution in [0.15, 0.2) is 104 Å². The van der Waals surface area contributed by atoms with E-state index >= 15 is 0 Å². The second-order valence-corrected chi connectivity index (χ2v) is 17.6. The van der Waals surface area contributed by atoms with E-state index in [1.165, 1.54) is 35.0 Å². The number of benzene rings is 2. The highest BCUT2D eigenvalue weighted by Crippen LogP contribution is 2.37. The molecule has 0 radical (unpaired) electrons. The fourth-order valence-corrected chi connectivity index (χ4v) is 9.08. The molecule has 4 aliphatic carbocycles. The van der Waals surface area contributed by atoms with E-state index in [2.05, 4.69) is 89.6 Å². The van der Waals surface area contributed by atoms with Crippen LogP contribution in [0.4, 0.5) is 27.9 Å². The van der Waals surface area contributed by atoms with Gasteiger partial charge in [-0.3, -0.25) is 9.18 Å². The van der Waals surface area contributed by atoms with Crippen LogP contribution in [0.3, 0.4) is 0 Å².